The molecule has 2 atom stereocenters. The lowest BCUT2D eigenvalue weighted by molar-refractivity contribution is 0.285. The van der Waals surface area contributed by atoms with Crippen LogP contribution >= 0.6 is 34.8 Å². The number of hydrogen-bond acceptors (Lipinski definition) is 2. The minimum Gasteiger partial charge on any atom is -0.364 e. The van der Waals surface area contributed by atoms with Gasteiger partial charge in [-0.1, -0.05) is 41.7 Å². The molecule has 1 fully saturated rings. The van der Waals surface area contributed by atoms with Crippen molar-refractivity contribution in [2.45, 2.75) is 38.8 Å². The van der Waals surface area contributed by atoms with E-state index in [4.69, 9.17) is 34.8 Å². The molecular formula is C14H19Cl3N2. The van der Waals surface area contributed by atoms with E-state index in [-0.39, 0.29) is 5.54 Å². The molecular weight excluding hydrogens is 303 g/mol. The van der Waals surface area contributed by atoms with Crippen LogP contribution in [0.2, 0.25) is 15.1 Å². The van der Waals surface area contributed by atoms with Gasteiger partial charge in [0.05, 0.1) is 20.8 Å². The van der Waals surface area contributed by atoms with Crippen molar-refractivity contribution in [2.75, 3.05) is 18.0 Å². The zero-order valence-electron chi connectivity index (χ0n) is 11.4. The van der Waals surface area contributed by atoms with Crippen molar-refractivity contribution in [3.05, 3.63) is 27.2 Å². The van der Waals surface area contributed by atoms with Gasteiger partial charge in [-0.15, -0.1) is 0 Å². The molecule has 19 heavy (non-hydrogen) atoms. The van der Waals surface area contributed by atoms with Crippen LogP contribution in [-0.4, -0.2) is 24.7 Å². The highest BCUT2D eigenvalue weighted by Crippen LogP contribution is 2.37. The second-order valence-corrected chi connectivity index (χ2v) is 6.71. The molecule has 1 N–H and O–H groups in total. The lowest BCUT2D eigenvalue weighted by atomic mass is 9.93. The number of halogens is 3. The molecule has 1 aromatic carbocycles. The minimum absolute atomic E-state index is 0.0992. The minimum atomic E-state index is 0.0992. The maximum absolute atomic E-state index is 6.33. The SMILES string of the molecule is CCC1(C)CN(c2cc(Cl)c(Cl)cc2Cl)C(C)CN1. The number of nitrogens with one attached hydrogen (secondary N) is 1. The normalized spacial score (nSPS) is 27.7. The maximum atomic E-state index is 6.33. The molecule has 106 valence electrons. The van der Waals surface area contributed by atoms with E-state index in [2.05, 4.69) is 31.0 Å². The standard InChI is InChI=1S/C14H19Cl3N2/c1-4-14(3)8-19(9(2)7-18-14)13-6-11(16)10(15)5-12(13)17/h5-6,9,18H,4,7-8H2,1-3H3. The summed E-state index contributed by atoms with van der Waals surface area (Å²) < 4.78 is 0. The van der Waals surface area contributed by atoms with Gasteiger partial charge in [0.25, 0.3) is 0 Å². The maximum Gasteiger partial charge on any atom is 0.0655 e. The molecule has 0 spiro atoms. The van der Waals surface area contributed by atoms with Gasteiger partial charge in [0.15, 0.2) is 0 Å². The number of rotatable bonds is 2. The first-order valence-corrected chi connectivity index (χ1v) is 7.66. The van der Waals surface area contributed by atoms with Crippen LogP contribution in [0.5, 0.6) is 0 Å². The van der Waals surface area contributed by atoms with Gasteiger partial charge in [0.2, 0.25) is 0 Å². The van der Waals surface area contributed by atoms with Crippen molar-refractivity contribution in [3.8, 4) is 0 Å². The van der Waals surface area contributed by atoms with Crippen molar-refractivity contribution >= 4 is 40.5 Å². The summed E-state index contributed by atoms with van der Waals surface area (Å²) in [5.41, 5.74) is 1.06. The van der Waals surface area contributed by atoms with Crippen LogP contribution in [0.25, 0.3) is 0 Å². The van der Waals surface area contributed by atoms with Gasteiger partial charge in [0, 0.05) is 24.7 Å². The summed E-state index contributed by atoms with van der Waals surface area (Å²) in [5.74, 6) is 0. The van der Waals surface area contributed by atoms with Crippen molar-refractivity contribution in [1.82, 2.24) is 5.32 Å². The predicted molar refractivity (Wildman–Crippen MR) is 85.0 cm³/mol. The molecule has 1 saturated heterocycles. The Morgan fingerprint density at radius 1 is 1.26 bits per heavy atom. The number of piperazine rings is 1. The molecule has 1 aliphatic heterocycles. The van der Waals surface area contributed by atoms with Crippen LogP contribution in [-0.2, 0) is 0 Å². The third-order valence-electron chi connectivity index (χ3n) is 3.96. The Morgan fingerprint density at radius 3 is 2.53 bits per heavy atom. The molecule has 2 nitrogen and oxygen atoms in total. The number of anilines is 1. The molecule has 0 radical (unpaired) electrons. The molecule has 0 amide bonds. The van der Waals surface area contributed by atoms with E-state index in [1.54, 1.807) is 6.07 Å². The van der Waals surface area contributed by atoms with Crippen molar-refractivity contribution in [3.63, 3.8) is 0 Å². The van der Waals surface area contributed by atoms with Crippen molar-refractivity contribution in [2.24, 2.45) is 0 Å². The first kappa shape index (κ1) is 15.2. The summed E-state index contributed by atoms with van der Waals surface area (Å²) in [7, 11) is 0. The summed E-state index contributed by atoms with van der Waals surface area (Å²) in [6.07, 6.45) is 1.06. The molecule has 0 aromatic heterocycles. The predicted octanol–water partition coefficient (Wildman–Crippen LogP) is 4.61. The first-order valence-electron chi connectivity index (χ1n) is 6.52. The Bertz CT molecular complexity index is 478. The zero-order valence-corrected chi connectivity index (χ0v) is 13.7. The fourth-order valence-corrected chi connectivity index (χ4v) is 3.03. The van der Waals surface area contributed by atoms with E-state index in [1.165, 1.54) is 0 Å². The lowest BCUT2D eigenvalue weighted by Crippen LogP contribution is -2.62. The van der Waals surface area contributed by atoms with Crippen LogP contribution < -0.4 is 10.2 Å². The fourth-order valence-electron chi connectivity index (χ4n) is 2.38. The molecule has 1 heterocycles. The average molecular weight is 322 g/mol. The van der Waals surface area contributed by atoms with Crippen LogP contribution in [0.1, 0.15) is 27.2 Å². The Hall–Kier alpha value is -0.150. The Kier molecular flexibility index (Phi) is 4.56. The second kappa shape index (κ2) is 5.69. The van der Waals surface area contributed by atoms with Crippen LogP contribution in [0, 0.1) is 0 Å². The van der Waals surface area contributed by atoms with Crippen molar-refractivity contribution < 1.29 is 0 Å². The van der Waals surface area contributed by atoms with Crippen molar-refractivity contribution in [1.29, 1.82) is 0 Å². The van der Waals surface area contributed by atoms with E-state index in [9.17, 15) is 0 Å². The molecule has 5 heteroatoms. The topological polar surface area (TPSA) is 15.3 Å². The smallest absolute Gasteiger partial charge is 0.0655 e. The highest BCUT2D eigenvalue weighted by atomic mass is 35.5. The third kappa shape index (κ3) is 3.13. The molecule has 1 aliphatic rings. The third-order valence-corrected chi connectivity index (χ3v) is 4.98. The summed E-state index contributed by atoms with van der Waals surface area (Å²) in [4.78, 5) is 2.31. The molecule has 2 unspecified atom stereocenters. The number of nitrogens with zero attached hydrogens (tertiary/aromatic N) is 1. The Labute approximate surface area is 130 Å². The van der Waals surface area contributed by atoms with E-state index in [0.29, 0.717) is 21.1 Å². The van der Waals surface area contributed by atoms with E-state index < -0.39 is 0 Å². The summed E-state index contributed by atoms with van der Waals surface area (Å²) in [6.45, 7) is 8.44. The largest absolute Gasteiger partial charge is 0.364 e. The van der Waals surface area contributed by atoms with Gasteiger partial charge in [-0.25, -0.2) is 0 Å². The summed E-state index contributed by atoms with van der Waals surface area (Å²) in [5, 5.41) is 5.29. The zero-order chi connectivity index (χ0) is 14.2. The van der Waals surface area contributed by atoms with Crippen LogP contribution in [0.15, 0.2) is 12.1 Å². The molecule has 1 aromatic rings. The average Bonchev–Trinajstić information content (AvgIpc) is 2.37. The lowest BCUT2D eigenvalue weighted by Gasteiger charge is -2.46. The van der Waals surface area contributed by atoms with E-state index in [1.807, 2.05) is 6.07 Å². The van der Waals surface area contributed by atoms with Crippen LogP contribution in [0.4, 0.5) is 5.69 Å². The highest BCUT2D eigenvalue weighted by molar-refractivity contribution is 6.44. The fraction of sp³-hybridized carbons (Fsp3) is 0.571. The Morgan fingerprint density at radius 2 is 1.89 bits per heavy atom. The quantitative estimate of drug-likeness (QED) is 0.800. The summed E-state index contributed by atoms with van der Waals surface area (Å²) in [6, 6.07) is 3.96. The molecule has 0 bridgehead atoms. The highest BCUT2D eigenvalue weighted by Gasteiger charge is 2.33. The van der Waals surface area contributed by atoms with Gasteiger partial charge in [0.1, 0.15) is 0 Å². The number of hydrogen-bond donors (Lipinski definition) is 1. The van der Waals surface area contributed by atoms with Gasteiger partial charge in [-0.3, -0.25) is 0 Å². The number of benzene rings is 1. The summed E-state index contributed by atoms with van der Waals surface area (Å²) >= 11 is 18.5. The molecule has 0 aliphatic carbocycles. The molecule has 2 rings (SSSR count). The molecule has 0 saturated carbocycles. The van der Waals surface area contributed by atoms with Gasteiger partial charge < -0.3 is 10.2 Å². The van der Waals surface area contributed by atoms with E-state index >= 15 is 0 Å². The van der Waals surface area contributed by atoms with Gasteiger partial charge >= 0.3 is 0 Å². The Balaban J connectivity index is 2.36. The van der Waals surface area contributed by atoms with Gasteiger partial charge in [-0.2, -0.15) is 0 Å². The van der Waals surface area contributed by atoms with Crippen LogP contribution in [0.3, 0.4) is 0 Å². The first-order chi connectivity index (χ1) is 8.86. The van der Waals surface area contributed by atoms with Gasteiger partial charge in [-0.05, 0) is 32.4 Å². The monoisotopic (exact) mass is 320 g/mol. The van der Waals surface area contributed by atoms with E-state index in [0.717, 1.165) is 25.2 Å². The second-order valence-electron chi connectivity index (χ2n) is 5.49.